The van der Waals surface area contributed by atoms with Gasteiger partial charge in [0.1, 0.15) is 0 Å². The highest BCUT2D eigenvalue weighted by Crippen LogP contribution is 2.31. The van der Waals surface area contributed by atoms with Gasteiger partial charge in [-0.1, -0.05) is 26.8 Å². The van der Waals surface area contributed by atoms with Crippen molar-refractivity contribution in [2.24, 2.45) is 5.41 Å². The molecular weight excluding hydrogens is 148 g/mol. The van der Waals surface area contributed by atoms with Gasteiger partial charge < -0.3 is 4.74 Å². The van der Waals surface area contributed by atoms with E-state index in [-0.39, 0.29) is 5.41 Å². The van der Waals surface area contributed by atoms with E-state index in [1.54, 1.807) is 7.11 Å². The second kappa shape index (κ2) is 3.34. The summed E-state index contributed by atoms with van der Waals surface area (Å²) in [5, 5.41) is 0. The zero-order valence-electron chi connectivity index (χ0n) is 8.48. The first-order valence-electron chi connectivity index (χ1n) is 4.49. The molecule has 0 aromatic carbocycles. The molecule has 0 aromatic heterocycles. The molecule has 12 heavy (non-hydrogen) atoms. The van der Waals surface area contributed by atoms with Gasteiger partial charge in [0.25, 0.3) is 0 Å². The van der Waals surface area contributed by atoms with E-state index < -0.39 is 0 Å². The van der Waals surface area contributed by atoms with Gasteiger partial charge in [-0.05, 0) is 23.5 Å². The Morgan fingerprint density at radius 3 is 2.50 bits per heavy atom. The highest BCUT2D eigenvalue weighted by molar-refractivity contribution is 5.29. The summed E-state index contributed by atoms with van der Waals surface area (Å²) in [4.78, 5) is 0. The Bertz CT molecular complexity index is 216. The Labute approximate surface area is 75.1 Å². The molecule has 1 aliphatic rings. The van der Waals surface area contributed by atoms with Crippen LogP contribution in [0.25, 0.3) is 0 Å². The molecule has 1 aliphatic carbocycles. The second-order valence-corrected chi connectivity index (χ2v) is 4.26. The van der Waals surface area contributed by atoms with Gasteiger partial charge in [-0.25, -0.2) is 0 Å². The van der Waals surface area contributed by atoms with Crippen LogP contribution in [0.2, 0.25) is 0 Å². The van der Waals surface area contributed by atoms with Gasteiger partial charge in [-0.3, -0.25) is 0 Å². The first-order chi connectivity index (χ1) is 5.54. The topological polar surface area (TPSA) is 9.23 Å². The summed E-state index contributed by atoms with van der Waals surface area (Å²) in [6.07, 6.45) is 6.65. The van der Waals surface area contributed by atoms with E-state index in [0.717, 1.165) is 18.6 Å². The monoisotopic (exact) mass is 166 g/mol. The number of hydrogen-bond donors (Lipinski definition) is 0. The molecule has 0 fully saturated rings. The maximum absolute atomic E-state index is 5.24. The molecule has 0 atom stereocenters. The van der Waals surface area contributed by atoms with Crippen LogP contribution in [0.5, 0.6) is 0 Å². The molecule has 0 unspecified atom stereocenters. The fourth-order valence-corrected chi connectivity index (χ4v) is 1.36. The fraction of sp³-hybridized carbons (Fsp3) is 0.636. The van der Waals surface area contributed by atoms with E-state index in [4.69, 9.17) is 4.74 Å². The van der Waals surface area contributed by atoms with Crippen molar-refractivity contribution in [3.8, 4) is 0 Å². The predicted octanol–water partition coefficient (Wildman–Crippen LogP) is 3.28. The van der Waals surface area contributed by atoms with Crippen LogP contribution in [0.1, 0.15) is 33.6 Å². The summed E-state index contributed by atoms with van der Waals surface area (Å²) in [5.74, 6) is 1.11. The van der Waals surface area contributed by atoms with E-state index in [1.807, 2.05) is 0 Å². The van der Waals surface area contributed by atoms with Crippen LogP contribution in [0.3, 0.4) is 0 Å². The number of allylic oxidation sites excluding steroid dienone is 4. The summed E-state index contributed by atoms with van der Waals surface area (Å²) >= 11 is 0. The summed E-state index contributed by atoms with van der Waals surface area (Å²) < 4.78 is 5.24. The van der Waals surface area contributed by atoms with Crippen molar-refractivity contribution in [3.05, 3.63) is 23.5 Å². The van der Waals surface area contributed by atoms with Gasteiger partial charge in [0, 0.05) is 6.42 Å². The lowest BCUT2D eigenvalue weighted by Gasteiger charge is -2.24. The number of hydrogen-bond acceptors (Lipinski definition) is 1. The minimum atomic E-state index is 0.254. The third kappa shape index (κ3) is 2.13. The lowest BCUT2D eigenvalue weighted by molar-refractivity contribution is 0.274. The van der Waals surface area contributed by atoms with E-state index in [1.165, 1.54) is 5.57 Å². The molecule has 0 radical (unpaired) electrons. The lowest BCUT2D eigenvalue weighted by atomic mass is 9.83. The van der Waals surface area contributed by atoms with E-state index >= 15 is 0 Å². The Kier molecular flexibility index (Phi) is 2.61. The van der Waals surface area contributed by atoms with E-state index in [2.05, 4.69) is 32.9 Å². The Morgan fingerprint density at radius 2 is 2.00 bits per heavy atom. The molecule has 0 heterocycles. The molecule has 0 spiro atoms. The number of ether oxygens (including phenoxy) is 1. The highest BCUT2D eigenvalue weighted by Gasteiger charge is 2.17. The van der Waals surface area contributed by atoms with Crippen LogP contribution in [-0.2, 0) is 4.74 Å². The predicted molar refractivity (Wildman–Crippen MR) is 51.9 cm³/mol. The summed E-state index contributed by atoms with van der Waals surface area (Å²) in [6, 6.07) is 0. The standard InChI is InChI=1S/C11H18O/c1-11(2,3)9-6-5-7-10(8-9)12-4/h6,8H,5,7H2,1-4H3. The largest absolute Gasteiger partial charge is 0.501 e. The van der Waals surface area contributed by atoms with Crippen molar-refractivity contribution < 1.29 is 4.74 Å². The molecule has 0 aliphatic heterocycles. The van der Waals surface area contributed by atoms with Gasteiger partial charge in [0.2, 0.25) is 0 Å². The average molecular weight is 166 g/mol. The van der Waals surface area contributed by atoms with Crippen molar-refractivity contribution in [2.75, 3.05) is 7.11 Å². The fourth-order valence-electron chi connectivity index (χ4n) is 1.36. The maximum atomic E-state index is 5.24. The molecule has 0 bridgehead atoms. The van der Waals surface area contributed by atoms with E-state index in [0.29, 0.717) is 0 Å². The van der Waals surface area contributed by atoms with Crippen LogP contribution in [0.15, 0.2) is 23.5 Å². The Balaban J connectivity index is 2.80. The maximum Gasteiger partial charge on any atom is 0.0961 e. The molecule has 1 heteroatoms. The SMILES string of the molecule is COC1=CC(C(C)(C)C)=CCC1. The summed E-state index contributed by atoms with van der Waals surface area (Å²) in [7, 11) is 1.75. The molecular formula is C11H18O. The van der Waals surface area contributed by atoms with E-state index in [9.17, 15) is 0 Å². The molecule has 0 N–H and O–H groups in total. The van der Waals surface area contributed by atoms with Gasteiger partial charge in [-0.2, -0.15) is 0 Å². The van der Waals surface area contributed by atoms with Gasteiger partial charge >= 0.3 is 0 Å². The third-order valence-electron chi connectivity index (χ3n) is 2.20. The zero-order valence-corrected chi connectivity index (χ0v) is 8.48. The van der Waals surface area contributed by atoms with Crippen LogP contribution < -0.4 is 0 Å². The Hall–Kier alpha value is -0.720. The molecule has 0 amide bonds. The third-order valence-corrected chi connectivity index (χ3v) is 2.20. The zero-order chi connectivity index (χ0) is 9.19. The molecule has 0 saturated carbocycles. The van der Waals surface area contributed by atoms with Crippen LogP contribution in [-0.4, -0.2) is 7.11 Å². The molecule has 1 rings (SSSR count). The van der Waals surface area contributed by atoms with Crippen molar-refractivity contribution in [3.63, 3.8) is 0 Å². The normalized spacial score (nSPS) is 18.3. The smallest absolute Gasteiger partial charge is 0.0961 e. The minimum absolute atomic E-state index is 0.254. The minimum Gasteiger partial charge on any atom is -0.501 e. The quantitative estimate of drug-likeness (QED) is 0.581. The van der Waals surface area contributed by atoms with Gasteiger partial charge in [0.15, 0.2) is 0 Å². The van der Waals surface area contributed by atoms with Crippen LogP contribution >= 0.6 is 0 Å². The molecule has 0 aromatic rings. The van der Waals surface area contributed by atoms with Crippen molar-refractivity contribution in [1.82, 2.24) is 0 Å². The van der Waals surface area contributed by atoms with Crippen LogP contribution in [0.4, 0.5) is 0 Å². The van der Waals surface area contributed by atoms with Crippen molar-refractivity contribution in [1.29, 1.82) is 0 Å². The number of rotatable bonds is 1. The highest BCUT2D eigenvalue weighted by atomic mass is 16.5. The average Bonchev–Trinajstić information content (AvgIpc) is 2.03. The van der Waals surface area contributed by atoms with Gasteiger partial charge in [-0.15, -0.1) is 0 Å². The first-order valence-corrected chi connectivity index (χ1v) is 4.49. The number of methoxy groups -OCH3 is 1. The molecule has 68 valence electrons. The molecule has 1 nitrogen and oxygen atoms in total. The summed E-state index contributed by atoms with van der Waals surface area (Å²) in [5.41, 5.74) is 1.65. The first kappa shape index (κ1) is 9.37. The Morgan fingerprint density at radius 1 is 1.33 bits per heavy atom. The van der Waals surface area contributed by atoms with Crippen molar-refractivity contribution in [2.45, 2.75) is 33.6 Å². The van der Waals surface area contributed by atoms with Gasteiger partial charge in [0.05, 0.1) is 12.9 Å². The molecule has 0 saturated heterocycles. The second-order valence-electron chi connectivity index (χ2n) is 4.26. The lowest BCUT2D eigenvalue weighted by Crippen LogP contribution is -2.10. The van der Waals surface area contributed by atoms with Crippen molar-refractivity contribution >= 4 is 0 Å². The van der Waals surface area contributed by atoms with Crippen LogP contribution in [0, 0.1) is 5.41 Å². The summed E-state index contributed by atoms with van der Waals surface area (Å²) in [6.45, 7) is 6.69.